The van der Waals surface area contributed by atoms with E-state index in [1.54, 1.807) is 24.3 Å². The minimum Gasteiger partial charge on any atom is -0.493 e. The highest BCUT2D eigenvalue weighted by atomic mass is 32.2. The maximum absolute atomic E-state index is 12.8. The molecule has 2 aliphatic rings. The first-order valence-corrected chi connectivity index (χ1v) is 16.0. The summed E-state index contributed by atoms with van der Waals surface area (Å²) < 4.78 is 32.0. The molecule has 43 heavy (non-hydrogen) atoms. The lowest BCUT2D eigenvalue weighted by Crippen LogP contribution is -2.33. The molecule has 1 aliphatic carbocycles. The Balaban J connectivity index is 0.000000308. The summed E-state index contributed by atoms with van der Waals surface area (Å²) in [5.74, 6) is 0.578. The van der Waals surface area contributed by atoms with Gasteiger partial charge in [-0.05, 0) is 47.9 Å². The maximum atomic E-state index is 12.8. The zero-order valence-corrected chi connectivity index (χ0v) is 25.4. The molecule has 8 heteroatoms. The number of nitrogens with zero attached hydrogens (tertiary/aromatic N) is 2. The van der Waals surface area contributed by atoms with Gasteiger partial charge in [0, 0.05) is 24.6 Å². The van der Waals surface area contributed by atoms with E-state index in [9.17, 15) is 13.2 Å². The molecule has 2 unspecified atom stereocenters. The SMILES string of the molecule is CN(Cc1ccc2c(c1)OCCC2NC(=O)CC(N=S(=O)=O)c1ccccc1)C1CCCC1.c1ccc2ccccc2c1. The molecule has 0 aromatic heterocycles. The molecule has 6 rings (SSSR count). The van der Waals surface area contributed by atoms with Crippen molar-refractivity contribution in [2.24, 2.45) is 4.36 Å². The third-order valence-corrected chi connectivity index (χ3v) is 8.69. The Morgan fingerprint density at radius 2 is 1.53 bits per heavy atom. The first-order valence-electron chi connectivity index (χ1n) is 15.0. The molecule has 1 aliphatic heterocycles. The van der Waals surface area contributed by atoms with Crippen LogP contribution in [0.5, 0.6) is 5.75 Å². The summed E-state index contributed by atoms with van der Waals surface area (Å²) in [7, 11) is -0.410. The van der Waals surface area contributed by atoms with Gasteiger partial charge in [-0.25, -0.2) is 0 Å². The lowest BCUT2D eigenvalue weighted by molar-refractivity contribution is -0.122. The van der Waals surface area contributed by atoms with E-state index in [1.165, 1.54) is 42.0 Å². The van der Waals surface area contributed by atoms with Crippen molar-refractivity contribution < 1.29 is 17.9 Å². The van der Waals surface area contributed by atoms with Crippen LogP contribution in [0.4, 0.5) is 0 Å². The van der Waals surface area contributed by atoms with Crippen LogP contribution in [-0.2, 0) is 21.8 Å². The lowest BCUT2D eigenvalue weighted by Gasteiger charge is -2.29. The molecule has 1 amide bonds. The Labute approximate surface area is 255 Å². The van der Waals surface area contributed by atoms with Crippen LogP contribution in [-0.4, -0.2) is 38.9 Å². The highest BCUT2D eigenvalue weighted by Gasteiger charge is 2.26. The highest BCUT2D eigenvalue weighted by molar-refractivity contribution is 7.61. The molecule has 1 saturated carbocycles. The number of rotatable bonds is 8. The van der Waals surface area contributed by atoms with E-state index in [4.69, 9.17) is 4.74 Å². The fourth-order valence-corrected chi connectivity index (χ4v) is 6.41. The van der Waals surface area contributed by atoms with E-state index in [2.05, 4.69) is 82.3 Å². The number of carbonyl (C=O) groups excluding carboxylic acids is 1. The fourth-order valence-electron chi connectivity index (χ4n) is 6.00. The van der Waals surface area contributed by atoms with E-state index in [1.807, 2.05) is 12.1 Å². The molecule has 0 spiro atoms. The van der Waals surface area contributed by atoms with E-state index in [-0.39, 0.29) is 18.4 Å². The van der Waals surface area contributed by atoms with Gasteiger partial charge in [-0.15, -0.1) is 0 Å². The monoisotopic (exact) mass is 597 g/mol. The number of carbonyl (C=O) groups is 1. The van der Waals surface area contributed by atoms with Gasteiger partial charge in [0.1, 0.15) is 11.8 Å². The molecule has 1 N–H and O–H groups in total. The van der Waals surface area contributed by atoms with E-state index in [0.29, 0.717) is 24.6 Å². The third kappa shape index (κ3) is 8.52. The van der Waals surface area contributed by atoms with Crippen LogP contribution in [0, 0.1) is 0 Å². The van der Waals surface area contributed by atoms with Gasteiger partial charge in [-0.3, -0.25) is 9.69 Å². The van der Waals surface area contributed by atoms with Gasteiger partial charge in [-0.2, -0.15) is 12.8 Å². The van der Waals surface area contributed by atoms with Gasteiger partial charge in [-0.1, -0.05) is 104 Å². The quantitative estimate of drug-likeness (QED) is 0.236. The molecule has 1 heterocycles. The molecule has 0 radical (unpaired) electrons. The van der Waals surface area contributed by atoms with E-state index < -0.39 is 16.5 Å². The van der Waals surface area contributed by atoms with Crippen molar-refractivity contribution in [1.29, 1.82) is 0 Å². The normalized spacial score (nSPS) is 16.8. The minimum atomic E-state index is -2.59. The molecule has 1 fully saturated rings. The standard InChI is InChI=1S/C25H31N3O4S.C10H8/c1-28(20-9-5-6-10-20)17-18-11-12-21-22(13-14-32-24(21)15-18)26-25(29)16-23(27-33(30)31)19-7-3-2-4-8-19;1-2-6-10-8-4-3-7-9(10)5-1/h2-4,7-8,11-12,15,20,22-23H,5-6,9-10,13-14,16-17H2,1H3,(H,26,29);1-8H. The Hall–Kier alpha value is -4.01. The smallest absolute Gasteiger partial charge is 0.311 e. The number of hydrogen-bond donors (Lipinski definition) is 1. The summed E-state index contributed by atoms with van der Waals surface area (Å²) in [6.07, 6.45) is 5.79. The second-order valence-electron chi connectivity index (χ2n) is 11.3. The summed E-state index contributed by atoms with van der Waals surface area (Å²) in [4.78, 5) is 15.2. The Morgan fingerprint density at radius 3 is 2.16 bits per heavy atom. The van der Waals surface area contributed by atoms with Crippen LogP contribution in [0.3, 0.4) is 0 Å². The molecule has 0 bridgehead atoms. The van der Waals surface area contributed by atoms with Gasteiger partial charge >= 0.3 is 10.5 Å². The zero-order valence-electron chi connectivity index (χ0n) is 24.6. The predicted octanol–water partition coefficient (Wildman–Crippen LogP) is 7.03. The van der Waals surface area contributed by atoms with Crippen LogP contribution in [0.25, 0.3) is 10.8 Å². The minimum absolute atomic E-state index is 0.0328. The molecule has 4 aromatic rings. The van der Waals surface area contributed by atoms with Crippen molar-refractivity contribution in [2.75, 3.05) is 13.7 Å². The number of fused-ring (bicyclic) bond motifs is 2. The summed E-state index contributed by atoms with van der Waals surface area (Å²) in [5.41, 5.74) is 2.86. The van der Waals surface area contributed by atoms with Gasteiger partial charge < -0.3 is 10.1 Å². The zero-order chi connectivity index (χ0) is 30.0. The Morgan fingerprint density at radius 1 is 0.907 bits per heavy atom. The van der Waals surface area contributed by atoms with Crippen molar-refractivity contribution >= 4 is 27.2 Å². The Kier molecular flexibility index (Phi) is 10.6. The number of nitrogens with one attached hydrogen (secondary N) is 1. The van der Waals surface area contributed by atoms with Crippen LogP contribution in [0.2, 0.25) is 0 Å². The van der Waals surface area contributed by atoms with Gasteiger partial charge in [0.05, 0.1) is 19.1 Å². The average Bonchev–Trinajstić information content (AvgIpc) is 3.57. The third-order valence-electron chi connectivity index (χ3n) is 8.27. The first-order chi connectivity index (χ1) is 21.0. The van der Waals surface area contributed by atoms with Crippen molar-refractivity contribution in [3.05, 3.63) is 114 Å². The highest BCUT2D eigenvalue weighted by Crippen LogP contribution is 2.34. The van der Waals surface area contributed by atoms with Gasteiger partial charge in [0.15, 0.2) is 0 Å². The number of hydrogen-bond acceptors (Lipinski definition) is 6. The lowest BCUT2D eigenvalue weighted by atomic mass is 9.97. The van der Waals surface area contributed by atoms with Crippen molar-refractivity contribution in [2.45, 2.75) is 63.2 Å². The van der Waals surface area contributed by atoms with E-state index >= 15 is 0 Å². The summed E-state index contributed by atoms with van der Waals surface area (Å²) in [6.45, 7) is 1.40. The topological polar surface area (TPSA) is 88.1 Å². The van der Waals surface area contributed by atoms with Crippen molar-refractivity contribution in [1.82, 2.24) is 10.2 Å². The van der Waals surface area contributed by atoms with Gasteiger partial charge in [0.25, 0.3) is 0 Å². The molecular weight excluding hydrogens is 558 g/mol. The second kappa shape index (κ2) is 14.9. The molecule has 7 nitrogen and oxygen atoms in total. The van der Waals surface area contributed by atoms with Crippen molar-refractivity contribution in [3.63, 3.8) is 0 Å². The van der Waals surface area contributed by atoms with Crippen LogP contribution < -0.4 is 10.1 Å². The number of benzene rings is 4. The molecule has 224 valence electrons. The summed E-state index contributed by atoms with van der Waals surface area (Å²) in [6, 6.07) is 31.7. The second-order valence-corrected chi connectivity index (χ2v) is 11.9. The summed E-state index contributed by atoms with van der Waals surface area (Å²) >= 11 is 0. The summed E-state index contributed by atoms with van der Waals surface area (Å²) in [5, 5.41) is 5.68. The predicted molar refractivity (Wildman–Crippen MR) is 170 cm³/mol. The first kappa shape index (κ1) is 30.4. The van der Waals surface area contributed by atoms with Crippen LogP contribution >= 0.6 is 0 Å². The van der Waals surface area contributed by atoms with E-state index in [0.717, 1.165) is 17.9 Å². The van der Waals surface area contributed by atoms with Gasteiger partial charge in [0.2, 0.25) is 5.91 Å². The number of amides is 1. The van der Waals surface area contributed by atoms with Crippen LogP contribution in [0.15, 0.2) is 101 Å². The molecule has 0 saturated heterocycles. The molecular formula is C35H39N3O4S. The largest absolute Gasteiger partial charge is 0.493 e. The average molecular weight is 598 g/mol. The number of ether oxygens (including phenoxy) is 1. The maximum Gasteiger partial charge on any atom is 0.311 e. The van der Waals surface area contributed by atoms with Crippen molar-refractivity contribution in [3.8, 4) is 5.75 Å². The fraction of sp³-hybridized carbons (Fsp3) is 0.343. The van der Waals surface area contributed by atoms with Crippen LogP contribution in [0.1, 0.15) is 67.3 Å². The molecule has 2 atom stereocenters. The Bertz CT molecular complexity index is 1580. The molecule has 4 aromatic carbocycles.